The van der Waals surface area contributed by atoms with E-state index in [0.29, 0.717) is 28.0 Å². The number of carboxylic acid groups (broad SMARTS) is 1. The first kappa shape index (κ1) is 15.3. The van der Waals surface area contributed by atoms with Crippen LogP contribution in [0.1, 0.15) is 28.5 Å². The summed E-state index contributed by atoms with van der Waals surface area (Å²) in [6.07, 6.45) is 1.65. The third kappa shape index (κ3) is 3.52. The standard InChI is InChI=1S/C15H16N2O3S/c1-4-20-11-6-5-7-16-13(11)21-14-12(15(18)19)9(2)8-10(3)17-14/h5-8H,4H2,1-3H3,(H,18,19). The minimum Gasteiger partial charge on any atom is -0.491 e. The minimum atomic E-state index is -0.989. The SMILES string of the molecule is CCOc1cccnc1Sc1nc(C)cc(C)c1C(=O)O. The Hall–Kier alpha value is -2.08. The van der Waals surface area contributed by atoms with Crippen LogP contribution in [0.5, 0.6) is 5.75 Å². The molecule has 6 heteroatoms. The van der Waals surface area contributed by atoms with Gasteiger partial charge in [-0.25, -0.2) is 14.8 Å². The third-order valence-electron chi connectivity index (χ3n) is 2.75. The van der Waals surface area contributed by atoms with Gasteiger partial charge in [0.2, 0.25) is 0 Å². The van der Waals surface area contributed by atoms with E-state index in [-0.39, 0.29) is 5.56 Å². The Morgan fingerprint density at radius 2 is 2.14 bits per heavy atom. The van der Waals surface area contributed by atoms with E-state index in [1.54, 1.807) is 25.3 Å². The van der Waals surface area contributed by atoms with Gasteiger partial charge >= 0.3 is 5.97 Å². The molecule has 0 aliphatic carbocycles. The largest absolute Gasteiger partial charge is 0.491 e. The molecule has 0 saturated heterocycles. The molecular weight excluding hydrogens is 288 g/mol. The smallest absolute Gasteiger partial charge is 0.338 e. The Bertz CT molecular complexity index is 674. The van der Waals surface area contributed by atoms with Crippen molar-refractivity contribution in [3.8, 4) is 5.75 Å². The molecule has 2 heterocycles. The summed E-state index contributed by atoms with van der Waals surface area (Å²) in [6.45, 7) is 6.01. The molecule has 21 heavy (non-hydrogen) atoms. The monoisotopic (exact) mass is 304 g/mol. The molecule has 0 aliphatic heterocycles. The van der Waals surface area contributed by atoms with Crippen molar-refractivity contribution in [2.24, 2.45) is 0 Å². The highest BCUT2D eigenvalue weighted by Crippen LogP contribution is 2.34. The molecule has 0 fully saturated rings. The van der Waals surface area contributed by atoms with Gasteiger partial charge < -0.3 is 9.84 Å². The summed E-state index contributed by atoms with van der Waals surface area (Å²) in [4.78, 5) is 20.0. The van der Waals surface area contributed by atoms with E-state index in [9.17, 15) is 9.90 Å². The van der Waals surface area contributed by atoms with Crippen LogP contribution in [0.4, 0.5) is 0 Å². The molecule has 110 valence electrons. The second kappa shape index (κ2) is 6.58. The van der Waals surface area contributed by atoms with Crippen LogP contribution in [0.3, 0.4) is 0 Å². The van der Waals surface area contributed by atoms with Gasteiger partial charge in [-0.3, -0.25) is 0 Å². The summed E-state index contributed by atoms with van der Waals surface area (Å²) in [5.74, 6) is -0.362. The molecule has 0 amide bonds. The van der Waals surface area contributed by atoms with Crippen molar-refractivity contribution in [2.75, 3.05) is 6.61 Å². The Kier molecular flexibility index (Phi) is 4.80. The van der Waals surface area contributed by atoms with Crippen LogP contribution in [0.25, 0.3) is 0 Å². The predicted molar refractivity (Wildman–Crippen MR) is 80.2 cm³/mol. The van der Waals surface area contributed by atoms with Crippen molar-refractivity contribution in [3.05, 3.63) is 41.2 Å². The fourth-order valence-corrected chi connectivity index (χ4v) is 3.01. The number of pyridine rings is 2. The fraction of sp³-hybridized carbons (Fsp3) is 0.267. The summed E-state index contributed by atoms with van der Waals surface area (Å²) in [7, 11) is 0. The maximum atomic E-state index is 11.4. The van der Waals surface area contributed by atoms with Gasteiger partial charge in [-0.2, -0.15) is 0 Å². The molecule has 0 saturated carbocycles. The van der Waals surface area contributed by atoms with Gasteiger partial charge in [-0.1, -0.05) is 0 Å². The molecule has 2 aromatic rings. The first-order chi connectivity index (χ1) is 10.0. The summed E-state index contributed by atoms with van der Waals surface area (Å²) in [5, 5.41) is 10.4. The number of nitrogens with zero attached hydrogens (tertiary/aromatic N) is 2. The average Bonchev–Trinajstić information content (AvgIpc) is 2.40. The average molecular weight is 304 g/mol. The number of aromatic carboxylic acids is 1. The minimum absolute atomic E-state index is 0.207. The van der Waals surface area contributed by atoms with E-state index in [2.05, 4.69) is 9.97 Å². The van der Waals surface area contributed by atoms with E-state index < -0.39 is 5.97 Å². The molecule has 2 aromatic heterocycles. The maximum absolute atomic E-state index is 11.4. The molecule has 0 spiro atoms. The molecule has 0 radical (unpaired) electrons. The van der Waals surface area contributed by atoms with Crippen molar-refractivity contribution < 1.29 is 14.6 Å². The van der Waals surface area contributed by atoms with Crippen LogP contribution in [-0.4, -0.2) is 27.7 Å². The highest BCUT2D eigenvalue weighted by atomic mass is 32.2. The number of rotatable bonds is 5. The predicted octanol–water partition coefficient (Wildman–Crippen LogP) is 3.34. The van der Waals surface area contributed by atoms with Crippen LogP contribution in [0.15, 0.2) is 34.4 Å². The second-order valence-electron chi connectivity index (χ2n) is 4.41. The molecule has 0 aromatic carbocycles. The molecule has 0 unspecified atom stereocenters. The zero-order valence-electron chi connectivity index (χ0n) is 12.1. The lowest BCUT2D eigenvalue weighted by atomic mass is 10.1. The fourth-order valence-electron chi connectivity index (χ4n) is 1.95. The van der Waals surface area contributed by atoms with Gasteiger partial charge in [0, 0.05) is 11.9 Å². The van der Waals surface area contributed by atoms with Gasteiger partial charge in [0.15, 0.2) is 5.75 Å². The zero-order valence-corrected chi connectivity index (χ0v) is 12.9. The van der Waals surface area contributed by atoms with Crippen LogP contribution in [0, 0.1) is 13.8 Å². The Labute approximate surface area is 127 Å². The van der Waals surface area contributed by atoms with E-state index >= 15 is 0 Å². The molecular formula is C15H16N2O3S. The Morgan fingerprint density at radius 3 is 2.81 bits per heavy atom. The third-order valence-corrected chi connectivity index (χ3v) is 3.74. The summed E-state index contributed by atoms with van der Waals surface area (Å²) >= 11 is 1.21. The van der Waals surface area contributed by atoms with Crippen LogP contribution >= 0.6 is 11.8 Å². The highest BCUT2D eigenvalue weighted by molar-refractivity contribution is 7.99. The number of hydrogen-bond acceptors (Lipinski definition) is 5. The molecule has 0 atom stereocenters. The van der Waals surface area contributed by atoms with Gasteiger partial charge in [0.05, 0.1) is 12.2 Å². The lowest BCUT2D eigenvalue weighted by Crippen LogP contribution is -2.05. The van der Waals surface area contributed by atoms with Crippen molar-refractivity contribution in [1.82, 2.24) is 9.97 Å². The number of aromatic nitrogens is 2. The Balaban J connectivity index is 2.47. The number of ether oxygens (including phenoxy) is 1. The topological polar surface area (TPSA) is 72.3 Å². The second-order valence-corrected chi connectivity index (χ2v) is 5.39. The number of aryl methyl sites for hydroxylation is 2. The molecule has 1 N–H and O–H groups in total. The first-order valence-electron chi connectivity index (χ1n) is 6.50. The number of carboxylic acids is 1. The lowest BCUT2D eigenvalue weighted by molar-refractivity contribution is 0.0691. The first-order valence-corrected chi connectivity index (χ1v) is 7.31. The lowest BCUT2D eigenvalue weighted by Gasteiger charge is -2.11. The van der Waals surface area contributed by atoms with Crippen molar-refractivity contribution in [2.45, 2.75) is 30.8 Å². The maximum Gasteiger partial charge on any atom is 0.338 e. The van der Waals surface area contributed by atoms with Crippen LogP contribution < -0.4 is 4.74 Å². The van der Waals surface area contributed by atoms with Gasteiger partial charge in [0.1, 0.15) is 10.1 Å². The van der Waals surface area contributed by atoms with Crippen LogP contribution in [-0.2, 0) is 0 Å². The normalized spacial score (nSPS) is 10.4. The van der Waals surface area contributed by atoms with Crippen molar-refractivity contribution in [3.63, 3.8) is 0 Å². The summed E-state index contributed by atoms with van der Waals surface area (Å²) in [5.41, 5.74) is 1.67. The van der Waals surface area contributed by atoms with E-state index in [1.807, 2.05) is 19.9 Å². The number of hydrogen-bond donors (Lipinski definition) is 1. The van der Waals surface area contributed by atoms with Gasteiger partial charge in [0.25, 0.3) is 0 Å². The van der Waals surface area contributed by atoms with Gasteiger partial charge in [-0.15, -0.1) is 0 Å². The molecule has 5 nitrogen and oxygen atoms in total. The molecule has 0 bridgehead atoms. The van der Waals surface area contributed by atoms with E-state index in [1.165, 1.54) is 11.8 Å². The summed E-state index contributed by atoms with van der Waals surface area (Å²) in [6, 6.07) is 5.35. The van der Waals surface area contributed by atoms with Crippen molar-refractivity contribution in [1.29, 1.82) is 0 Å². The van der Waals surface area contributed by atoms with Crippen molar-refractivity contribution >= 4 is 17.7 Å². The highest BCUT2D eigenvalue weighted by Gasteiger charge is 2.18. The van der Waals surface area contributed by atoms with Gasteiger partial charge in [-0.05, 0) is 56.3 Å². The van der Waals surface area contributed by atoms with E-state index in [4.69, 9.17) is 4.74 Å². The summed E-state index contributed by atoms with van der Waals surface area (Å²) < 4.78 is 5.51. The zero-order chi connectivity index (χ0) is 15.4. The van der Waals surface area contributed by atoms with Crippen LogP contribution in [0.2, 0.25) is 0 Å². The van der Waals surface area contributed by atoms with E-state index in [0.717, 1.165) is 5.69 Å². The Morgan fingerprint density at radius 1 is 1.38 bits per heavy atom. The molecule has 2 rings (SSSR count). The quantitative estimate of drug-likeness (QED) is 0.913. The molecule has 0 aliphatic rings. The number of carbonyl (C=O) groups is 1.